The molecule has 2 saturated heterocycles. The van der Waals surface area contributed by atoms with Crippen LogP contribution in [0, 0.1) is 0 Å². The van der Waals surface area contributed by atoms with Gasteiger partial charge >= 0.3 is 12.2 Å². The standard InChI is InChI=1S/C30H50N2O5Si/c1-28(2,3)35-26(33)31-18-12-13-24(31)21-14-16-22(17-15-21)25-19-23(37-38(10,11)30(7,8)9)20-32(25)27(34)36-29(4,5)6/h14-17,23-25H,12-13,18-20H2,1-11H3/t23-,24+,25-/m1/s1. The van der Waals surface area contributed by atoms with Gasteiger partial charge in [-0.05, 0) is 90.1 Å². The molecule has 7 nitrogen and oxygen atoms in total. The molecule has 0 aliphatic carbocycles. The molecule has 0 bridgehead atoms. The van der Waals surface area contributed by atoms with Crippen molar-refractivity contribution in [3.8, 4) is 0 Å². The minimum atomic E-state index is -2.00. The van der Waals surface area contributed by atoms with Gasteiger partial charge in [0.05, 0.1) is 18.2 Å². The van der Waals surface area contributed by atoms with E-state index in [1.54, 1.807) is 0 Å². The van der Waals surface area contributed by atoms with Crippen molar-refractivity contribution in [2.24, 2.45) is 0 Å². The maximum absolute atomic E-state index is 13.3. The van der Waals surface area contributed by atoms with Crippen LogP contribution in [-0.2, 0) is 13.9 Å². The van der Waals surface area contributed by atoms with Crippen molar-refractivity contribution in [1.82, 2.24) is 9.80 Å². The van der Waals surface area contributed by atoms with Crippen molar-refractivity contribution in [3.63, 3.8) is 0 Å². The number of nitrogens with zero attached hydrogens (tertiary/aromatic N) is 2. The van der Waals surface area contributed by atoms with Crippen LogP contribution in [0.4, 0.5) is 9.59 Å². The van der Waals surface area contributed by atoms with Gasteiger partial charge in [-0.2, -0.15) is 0 Å². The number of carbonyl (C=O) groups is 2. The average Bonchev–Trinajstić information content (AvgIpc) is 3.38. The van der Waals surface area contributed by atoms with E-state index in [1.165, 1.54) is 0 Å². The lowest BCUT2D eigenvalue weighted by atomic mass is 9.98. The second kappa shape index (κ2) is 10.8. The predicted molar refractivity (Wildman–Crippen MR) is 154 cm³/mol. The molecule has 0 radical (unpaired) electrons. The first-order valence-electron chi connectivity index (χ1n) is 14.0. The molecule has 1 aromatic rings. The molecule has 0 saturated carbocycles. The van der Waals surface area contributed by atoms with E-state index in [-0.39, 0.29) is 35.4 Å². The molecule has 2 aliphatic rings. The number of carbonyl (C=O) groups excluding carboxylic acids is 2. The molecule has 1 aromatic carbocycles. The fourth-order valence-corrected chi connectivity index (χ4v) is 6.26. The Morgan fingerprint density at radius 3 is 1.74 bits per heavy atom. The third-order valence-electron chi connectivity index (χ3n) is 7.75. The summed E-state index contributed by atoms with van der Waals surface area (Å²) in [4.78, 5) is 29.7. The lowest BCUT2D eigenvalue weighted by Crippen LogP contribution is -2.45. The van der Waals surface area contributed by atoms with Gasteiger partial charge in [0.1, 0.15) is 11.2 Å². The van der Waals surface area contributed by atoms with Crippen LogP contribution < -0.4 is 0 Å². The fourth-order valence-electron chi connectivity index (χ4n) is 4.91. The van der Waals surface area contributed by atoms with Crippen LogP contribution in [0.25, 0.3) is 0 Å². The minimum absolute atomic E-state index is 0.000830. The number of ether oxygens (including phenoxy) is 2. The van der Waals surface area contributed by atoms with Gasteiger partial charge in [-0.1, -0.05) is 45.0 Å². The van der Waals surface area contributed by atoms with E-state index in [1.807, 2.05) is 51.3 Å². The number of amides is 2. The van der Waals surface area contributed by atoms with Gasteiger partial charge in [-0.25, -0.2) is 9.59 Å². The summed E-state index contributed by atoms with van der Waals surface area (Å²) in [6, 6.07) is 8.25. The predicted octanol–water partition coefficient (Wildman–Crippen LogP) is 7.83. The van der Waals surface area contributed by atoms with E-state index in [0.717, 1.165) is 30.4 Å². The Labute approximate surface area is 231 Å². The van der Waals surface area contributed by atoms with Gasteiger partial charge in [0.2, 0.25) is 0 Å². The second-order valence-corrected chi connectivity index (χ2v) is 19.1. The quantitative estimate of drug-likeness (QED) is 0.360. The first-order valence-corrected chi connectivity index (χ1v) is 17.0. The first kappa shape index (κ1) is 30.5. The minimum Gasteiger partial charge on any atom is -0.444 e. The smallest absolute Gasteiger partial charge is 0.410 e. The van der Waals surface area contributed by atoms with E-state index in [0.29, 0.717) is 13.1 Å². The number of likely N-dealkylation sites (tertiary alicyclic amines) is 2. The van der Waals surface area contributed by atoms with Crippen molar-refractivity contribution >= 4 is 20.5 Å². The molecule has 0 spiro atoms. The maximum Gasteiger partial charge on any atom is 0.410 e. The average molecular weight is 547 g/mol. The van der Waals surface area contributed by atoms with E-state index >= 15 is 0 Å². The van der Waals surface area contributed by atoms with Crippen molar-refractivity contribution < 1.29 is 23.5 Å². The zero-order chi connectivity index (χ0) is 28.7. The largest absolute Gasteiger partial charge is 0.444 e. The number of benzene rings is 1. The molecule has 2 fully saturated rings. The van der Waals surface area contributed by atoms with Crippen molar-refractivity contribution in [2.75, 3.05) is 13.1 Å². The third-order valence-corrected chi connectivity index (χ3v) is 12.3. The zero-order valence-corrected chi connectivity index (χ0v) is 26.5. The summed E-state index contributed by atoms with van der Waals surface area (Å²) in [6.07, 6.45) is 1.99. The van der Waals surface area contributed by atoms with Gasteiger partial charge in [-0.3, -0.25) is 4.90 Å². The second-order valence-electron chi connectivity index (χ2n) is 14.4. The summed E-state index contributed by atoms with van der Waals surface area (Å²) in [5.74, 6) is 0. The van der Waals surface area contributed by atoms with Crippen molar-refractivity contribution in [2.45, 2.75) is 129 Å². The molecule has 2 amide bonds. The summed E-state index contributed by atoms with van der Waals surface area (Å²) in [5, 5.41) is 0.0881. The monoisotopic (exact) mass is 546 g/mol. The van der Waals surface area contributed by atoms with Gasteiger partial charge in [-0.15, -0.1) is 0 Å². The van der Waals surface area contributed by atoms with Crippen LogP contribution >= 0.6 is 0 Å². The molecule has 3 atom stereocenters. The van der Waals surface area contributed by atoms with E-state index in [9.17, 15) is 9.59 Å². The molecular weight excluding hydrogens is 496 g/mol. The Balaban J connectivity index is 1.82. The van der Waals surface area contributed by atoms with Gasteiger partial charge in [0.25, 0.3) is 0 Å². The van der Waals surface area contributed by atoms with Gasteiger partial charge in [0.15, 0.2) is 8.32 Å². The van der Waals surface area contributed by atoms with Crippen LogP contribution in [-0.4, -0.2) is 60.7 Å². The van der Waals surface area contributed by atoms with E-state index < -0.39 is 19.5 Å². The van der Waals surface area contributed by atoms with Crippen LogP contribution in [0.15, 0.2) is 24.3 Å². The van der Waals surface area contributed by atoms with Crippen LogP contribution in [0.2, 0.25) is 18.1 Å². The molecule has 0 N–H and O–H groups in total. The van der Waals surface area contributed by atoms with Crippen LogP contribution in [0.3, 0.4) is 0 Å². The van der Waals surface area contributed by atoms with E-state index in [2.05, 4.69) is 58.1 Å². The highest BCUT2D eigenvalue weighted by molar-refractivity contribution is 6.74. The maximum atomic E-state index is 13.3. The normalized spacial score (nSPS) is 23.1. The third kappa shape index (κ3) is 7.53. The Bertz CT molecular complexity index is 988. The summed E-state index contributed by atoms with van der Waals surface area (Å²) in [6.45, 7) is 23.8. The Hall–Kier alpha value is -2.06. The lowest BCUT2D eigenvalue weighted by molar-refractivity contribution is 0.0202. The topological polar surface area (TPSA) is 68.3 Å². The highest BCUT2D eigenvalue weighted by Gasteiger charge is 2.45. The van der Waals surface area contributed by atoms with Crippen molar-refractivity contribution in [3.05, 3.63) is 35.4 Å². The molecule has 2 heterocycles. The molecule has 2 aliphatic heterocycles. The SMILES string of the molecule is CC(C)(C)OC(=O)N1C[C@H](O[Si](C)(C)C(C)(C)C)C[C@@H]1c1ccc([C@@H]2CCCN2C(=O)OC(C)(C)C)cc1. The molecule has 3 rings (SSSR count). The molecular formula is C30H50N2O5Si. The van der Waals surface area contributed by atoms with Gasteiger partial charge < -0.3 is 18.8 Å². The summed E-state index contributed by atoms with van der Waals surface area (Å²) >= 11 is 0. The van der Waals surface area contributed by atoms with E-state index in [4.69, 9.17) is 13.9 Å². The zero-order valence-electron chi connectivity index (χ0n) is 25.5. The molecule has 0 aromatic heterocycles. The Morgan fingerprint density at radius 2 is 1.26 bits per heavy atom. The highest BCUT2D eigenvalue weighted by Crippen LogP contribution is 2.42. The molecule has 0 unspecified atom stereocenters. The summed E-state index contributed by atoms with van der Waals surface area (Å²) in [5.41, 5.74) is 1.05. The Kier molecular flexibility index (Phi) is 8.69. The first-order chi connectivity index (χ1) is 17.3. The van der Waals surface area contributed by atoms with Crippen LogP contribution in [0.1, 0.15) is 105 Å². The summed E-state index contributed by atoms with van der Waals surface area (Å²) in [7, 11) is -2.00. The molecule has 38 heavy (non-hydrogen) atoms. The van der Waals surface area contributed by atoms with Crippen molar-refractivity contribution in [1.29, 1.82) is 0 Å². The number of rotatable bonds is 4. The number of hydrogen-bond donors (Lipinski definition) is 0. The summed E-state index contributed by atoms with van der Waals surface area (Å²) < 4.78 is 18.2. The molecule has 214 valence electrons. The Morgan fingerprint density at radius 1 is 0.789 bits per heavy atom. The molecule has 8 heteroatoms. The van der Waals surface area contributed by atoms with Crippen LogP contribution in [0.5, 0.6) is 0 Å². The fraction of sp³-hybridized carbons (Fsp3) is 0.733. The number of hydrogen-bond acceptors (Lipinski definition) is 5. The lowest BCUT2D eigenvalue weighted by Gasteiger charge is -2.38. The van der Waals surface area contributed by atoms with Gasteiger partial charge in [0, 0.05) is 13.1 Å². The highest BCUT2D eigenvalue weighted by atomic mass is 28.4.